The molecule has 0 aliphatic rings. The summed E-state index contributed by atoms with van der Waals surface area (Å²) in [5.41, 5.74) is 5.32. The lowest BCUT2D eigenvalue weighted by molar-refractivity contribution is -0.122. The molecule has 25 heteroatoms. The highest BCUT2D eigenvalue weighted by Crippen LogP contribution is 2.42. The van der Waals surface area contributed by atoms with Crippen LogP contribution in [0.15, 0.2) is 72.8 Å². The second kappa shape index (κ2) is 42.9. The van der Waals surface area contributed by atoms with Gasteiger partial charge in [0.05, 0.1) is 83.0 Å². The van der Waals surface area contributed by atoms with Crippen molar-refractivity contribution >= 4 is 35.4 Å². The van der Waals surface area contributed by atoms with Gasteiger partial charge in [-0.1, -0.05) is 121 Å². The molecular formula is C76H116N12O13. The van der Waals surface area contributed by atoms with Crippen LogP contribution in [0, 0.1) is 35.5 Å². The molecule has 0 aliphatic carbocycles. The zero-order chi connectivity index (χ0) is 75.0. The fourth-order valence-electron chi connectivity index (χ4n) is 11.7. The number of amides is 6. The van der Waals surface area contributed by atoms with Gasteiger partial charge in [0.15, 0.2) is 17.1 Å². The van der Waals surface area contributed by atoms with Crippen molar-refractivity contribution in [3.8, 4) is 68.3 Å². The minimum atomic E-state index is -0.356. The van der Waals surface area contributed by atoms with Crippen LogP contribution in [0.25, 0.3) is 33.8 Å². The van der Waals surface area contributed by atoms with Gasteiger partial charge in [0, 0.05) is 77.7 Å². The van der Waals surface area contributed by atoms with Crippen LogP contribution >= 0.6 is 0 Å². The maximum absolute atomic E-state index is 13.3. The number of rotatable bonds is 38. The van der Waals surface area contributed by atoms with Gasteiger partial charge in [-0.15, -0.1) is 0 Å². The average molecular weight is 1410 g/mol. The van der Waals surface area contributed by atoms with E-state index in [0.717, 1.165) is 47.3 Å². The Morgan fingerprint density at radius 1 is 0.426 bits per heavy atom. The van der Waals surface area contributed by atoms with Gasteiger partial charge in [-0.3, -0.25) is 42.8 Å². The Morgan fingerprint density at radius 2 is 0.723 bits per heavy atom. The van der Waals surface area contributed by atoms with Crippen LogP contribution in [0.1, 0.15) is 172 Å². The predicted molar refractivity (Wildman–Crippen MR) is 395 cm³/mol. The standard InChI is InChI=1S/C26H40N4O4.C25H38N4O5.C25H38N4O4/c1-8-18(9-2)16-30-21(25-22(33-6)11-10-12-23(25)34-7)15-20(29-30)26(32)28-19(13-17(3)4)14-24(31)27-5;1-16(2)12-18(13-23(31)26-10-11-30)27-25(32)19-14-20(29(28-19)15-17(3)4)24-21(33-5)8-7-9-22(24)34-6;1-8-17(4)15-29-20(24-21(32-6)10-9-11-22(24)33-7)14-19(28-29)25(31)27-18(12-16(2)3)13-23(30)26-5/h10-12,15,17-19H,8-9,13-14,16H2,1-7H3,(H,27,31)(H,28,32);7-9,14,16-18,30H,10-13,15H2,1-6H3,(H,26,31)(H,27,32);9-11,14,16-18H,8,12-13,15H2,1-7H3,(H,26,30)(H,27,31)/t19-;18-;17?,18-/m000/s1. The Balaban J connectivity index is 0.000000321. The van der Waals surface area contributed by atoms with Crippen molar-refractivity contribution in [2.24, 2.45) is 35.5 Å². The number of ether oxygens (including phenoxy) is 6. The highest BCUT2D eigenvalue weighted by molar-refractivity contribution is 5.96. The smallest absolute Gasteiger partial charge is 0.272 e. The van der Waals surface area contributed by atoms with Crippen molar-refractivity contribution in [1.82, 2.24) is 61.2 Å². The Labute approximate surface area is 598 Å². The zero-order valence-electron chi connectivity index (χ0n) is 63.6. The molecule has 3 aromatic heterocycles. The molecule has 0 fully saturated rings. The third kappa shape index (κ3) is 25.8. The summed E-state index contributed by atoms with van der Waals surface area (Å²) in [5.74, 6) is 4.44. The van der Waals surface area contributed by atoms with Gasteiger partial charge in [-0.2, -0.15) is 15.3 Å². The van der Waals surface area contributed by atoms with E-state index in [1.165, 1.54) is 0 Å². The maximum Gasteiger partial charge on any atom is 0.272 e. The molecule has 6 amide bonds. The molecule has 558 valence electrons. The molecule has 0 bridgehead atoms. The molecular weight excluding hydrogens is 1290 g/mol. The normalized spacial score (nSPS) is 12.3. The van der Waals surface area contributed by atoms with Crippen molar-refractivity contribution < 1.29 is 62.3 Å². The lowest BCUT2D eigenvalue weighted by Crippen LogP contribution is -2.40. The minimum absolute atomic E-state index is 0.107. The van der Waals surface area contributed by atoms with Gasteiger partial charge in [0.25, 0.3) is 17.7 Å². The van der Waals surface area contributed by atoms with Gasteiger partial charge in [-0.25, -0.2) is 0 Å². The van der Waals surface area contributed by atoms with Crippen molar-refractivity contribution in [2.45, 2.75) is 179 Å². The Kier molecular flexibility index (Phi) is 35.8. The van der Waals surface area contributed by atoms with Crippen LogP contribution in [0.2, 0.25) is 0 Å². The third-order valence-electron chi connectivity index (χ3n) is 17.0. The second-order valence-electron chi connectivity index (χ2n) is 26.9. The minimum Gasteiger partial charge on any atom is -0.496 e. The largest absolute Gasteiger partial charge is 0.496 e. The number of aromatic nitrogens is 6. The number of carbonyl (C=O) groups excluding carboxylic acids is 6. The Morgan fingerprint density at radius 3 is 0.980 bits per heavy atom. The third-order valence-corrected chi connectivity index (χ3v) is 17.0. The first-order chi connectivity index (χ1) is 48.2. The second-order valence-corrected chi connectivity index (χ2v) is 26.9. The first-order valence-electron chi connectivity index (χ1n) is 35.3. The monoisotopic (exact) mass is 1400 g/mol. The van der Waals surface area contributed by atoms with Crippen molar-refractivity contribution in [1.29, 1.82) is 0 Å². The molecule has 25 nitrogen and oxygen atoms in total. The van der Waals surface area contributed by atoms with Crippen LogP contribution in [-0.2, 0) is 34.0 Å². The number of benzene rings is 3. The summed E-state index contributed by atoms with van der Waals surface area (Å²) in [5, 5.41) is 39.8. The van der Waals surface area contributed by atoms with Crippen LogP contribution < -0.4 is 60.3 Å². The van der Waals surface area contributed by atoms with Gasteiger partial charge < -0.3 is 65.4 Å². The van der Waals surface area contributed by atoms with Gasteiger partial charge in [0.1, 0.15) is 34.5 Å². The molecule has 101 heavy (non-hydrogen) atoms. The van der Waals surface area contributed by atoms with E-state index >= 15 is 0 Å². The molecule has 6 rings (SSSR count). The van der Waals surface area contributed by atoms with E-state index in [4.69, 9.17) is 38.6 Å². The van der Waals surface area contributed by atoms with Crippen LogP contribution in [0.5, 0.6) is 34.5 Å². The van der Waals surface area contributed by atoms with E-state index in [2.05, 4.69) is 111 Å². The summed E-state index contributed by atoms with van der Waals surface area (Å²) < 4.78 is 39.1. The average Bonchev–Trinajstić information content (AvgIpc) is 1.70. The lowest BCUT2D eigenvalue weighted by atomic mass is 10.0. The van der Waals surface area contributed by atoms with E-state index in [0.29, 0.717) is 120 Å². The number of aliphatic hydroxyl groups is 1. The predicted octanol–water partition coefficient (Wildman–Crippen LogP) is 11.0. The first kappa shape index (κ1) is 84.3. The number of carbonyl (C=O) groups is 6. The van der Waals surface area contributed by atoms with E-state index in [9.17, 15) is 28.8 Å². The summed E-state index contributed by atoms with van der Waals surface area (Å²) in [6, 6.07) is 21.1. The van der Waals surface area contributed by atoms with Crippen molar-refractivity contribution in [3.63, 3.8) is 0 Å². The summed E-state index contributed by atoms with van der Waals surface area (Å²) in [7, 11) is 12.8. The number of nitrogens with one attached hydrogen (secondary N) is 6. The van der Waals surface area contributed by atoms with E-state index in [-0.39, 0.29) is 97.6 Å². The molecule has 0 saturated heterocycles. The SMILES string of the molecule is CCC(C)Cn1nc(C(=O)N[C@H](CC(=O)NC)CC(C)C)cc1-c1c(OC)cccc1OC.CCC(CC)Cn1nc(C(=O)N[C@H](CC(=O)NC)CC(C)C)cc1-c1c(OC)cccc1OC.COc1cccc(OC)c1-c1cc(C(=O)N[C@H](CC(=O)NCCO)CC(C)C)nn1CC(C)C. The van der Waals surface area contributed by atoms with Crippen LogP contribution in [-0.4, -0.2) is 158 Å². The molecule has 3 heterocycles. The molecule has 3 aromatic carbocycles. The summed E-state index contributed by atoms with van der Waals surface area (Å²) in [6.07, 6.45) is 5.59. The van der Waals surface area contributed by atoms with E-state index in [1.54, 1.807) is 79.6 Å². The van der Waals surface area contributed by atoms with Crippen molar-refractivity contribution in [2.75, 3.05) is 69.9 Å². The molecule has 6 aromatic rings. The van der Waals surface area contributed by atoms with Gasteiger partial charge in [-0.05, 0) is 109 Å². The molecule has 4 atom stereocenters. The molecule has 0 saturated carbocycles. The van der Waals surface area contributed by atoms with Gasteiger partial charge in [0.2, 0.25) is 17.7 Å². The first-order valence-corrected chi connectivity index (χ1v) is 35.3. The quantitative estimate of drug-likeness (QED) is 0.0189. The van der Waals surface area contributed by atoms with E-state index in [1.807, 2.05) is 77.8 Å². The zero-order valence-corrected chi connectivity index (χ0v) is 63.6. The van der Waals surface area contributed by atoms with E-state index < -0.39 is 0 Å². The summed E-state index contributed by atoms with van der Waals surface area (Å²) in [4.78, 5) is 75.8. The Bertz CT molecular complexity index is 3500. The number of aliphatic hydroxyl groups excluding tert-OH is 1. The van der Waals surface area contributed by atoms with Crippen LogP contribution in [0.3, 0.4) is 0 Å². The molecule has 0 aliphatic heterocycles. The lowest BCUT2D eigenvalue weighted by Gasteiger charge is -2.19. The van der Waals surface area contributed by atoms with Gasteiger partial charge >= 0.3 is 0 Å². The Hall–Kier alpha value is -9.13. The molecule has 7 N–H and O–H groups in total. The number of hydrogen-bond acceptors (Lipinski definition) is 16. The topological polar surface area (TPSA) is 304 Å². The highest BCUT2D eigenvalue weighted by Gasteiger charge is 2.29. The number of nitrogens with zero attached hydrogens (tertiary/aromatic N) is 6. The number of hydrogen-bond donors (Lipinski definition) is 7. The summed E-state index contributed by atoms with van der Waals surface area (Å²) in [6.45, 7) is 27.1. The van der Waals surface area contributed by atoms with Crippen LogP contribution in [0.4, 0.5) is 0 Å². The van der Waals surface area contributed by atoms with Crippen molar-refractivity contribution in [3.05, 3.63) is 89.9 Å². The fraction of sp³-hybridized carbons (Fsp3) is 0.566. The summed E-state index contributed by atoms with van der Waals surface area (Å²) >= 11 is 0. The molecule has 0 spiro atoms. The molecule has 0 radical (unpaired) electrons. The number of methoxy groups -OCH3 is 6. The maximum atomic E-state index is 13.3. The molecule has 1 unspecified atom stereocenters. The highest BCUT2D eigenvalue weighted by atomic mass is 16.5. The fourth-order valence-corrected chi connectivity index (χ4v) is 11.7.